The Morgan fingerprint density at radius 3 is 1.21 bits per heavy atom. The molecule has 0 saturated carbocycles. The van der Waals surface area contributed by atoms with E-state index in [1.165, 1.54) is 0 Å². The van der Waals surface area contributed by atoms with Gasteiger partial charge in [0.1, 0.15) is 0 Å². The molecule has 7 nitrogen and oxygen atoms in total. The molecule has 148 valence electrons. The average molecular weight is 405 g/mol. The average Bonchev–Trinajstić information content (AvgIpc) is 2.58. The highest BCUT2D eigenvalue weighted by Crippen LogP contribution is 2.14. The third kappa shape index (κ3) is 11.2. The first-order chi connectivity index (χ1) is 11.5. The number of thiol groups is 1. The molecule has 0 aliphatic heterocycles. The van der Waals surface area contributed by atoms with Crippen LogP contribution in [0.3, 0.4) is 0 Å². The Labute approximate surface area is 155 Å². The van der Waals surface area contributed by atoms with Crippen LogP contribution in [0, 0.1) is 0 Å². The highest BCUT2D eigenvalue weighted by atomic mass is 32.1. The molecule has 10 heteroatoms. The third-order valence-corrected chi connectivity index (χ3v) is 8.58. The van der Waals surface area contributed by atoms with Crippen LogP contribution in [0.1, 0.15) is 34.1 Å². The Bertz CT molecular complexity index is 234. The predicted octanol–water partition coefficient (Wildman–Crippen LogP) is 2.75. The molecule has 0 spiro atoms. The van der Waals surface area contributed by atoms with Crippen LogP contribution in [-0.4, -0.2) is 71.4 Å². The molecule has 0 aromatic carbocycles. The largest absolute Gasteiger partial charge is 0.679 e. The van der Waals surface area contributed by atoms with E-state index >= 15 is 0 Å². The van der Waals surface area contributed by atoms with E-state index in [4.69, 9.17) is 31.0 Å². The Kier molecular flexibility index (Phi) is 18.9. The monoisotopic (exact) mass is 404 g/mol. The quantitative estimate of drug-likeness (QED) is 0.353. The summed E-state index contributed by atoms with van der Waals surface area (Å²) < 4.78 is 37.3. The standard InChI is InChI=1S/C8H20O4Si.C6H16O3SSi/c1-5-9-13(10-6-2,11-7-3)12-8-4;1-7-11(8-2,9-3)6-4-5-10/h5-8H2,1-4H3;10H,4-6H2,1-3H3. The maximum Gasteiger partial charge on any atom is 0.679 e. The third-order valence-electron chi connectivity index (χ3n) is 2.86. The smallest absolute Gasteiger partial charge is 0.377 e. The number of rotatable bonds is 14. The van der Waals surface area contributed by atoms with Gasteiger partial charge in [-0.2, -0.15) is 12.6 Å². The van der Waals surface area contributed by atoms with Gasteiger partial charge in [0.05, 0.1) is 0 Å². The molecule has 24 heavy (non-hydrogen) atoms. The van der Waals surface area contributed by atoms with Gasteiger partial charge < -0.3 is 31.0 Å². The van der Waals surface area contributed by atoms with Crippen LogP contribution in [0.25, 0.3) is 0 Å². The van der Waals surface area contributed by atoms with E-state index < -0.39 is 17.9 Å². The minimum absolute atomic E-state index is 0.548. The Morgan fingerprint density at radius 2 is 1.00 bits per heavy atom. The minimum Gasteiger partial charge on any atom is -0.377 e. The summed E-state index contributed by atoms with van der Waals surface area (Å²) in [7, 11) is -0.215. The highest BCUT2D eigenvalue weighted by Gasteiger charge is 2.44. The highest BCUT2D eigenvalue weighted by molar-refractivity contribution is 7.80. The molecule has 0 bridgehead atoms. The summed E-state index contributed by atoms with van der Waals surface area (Å²) in [5, 5.41) is 0. The van der Waals surface area contributed by atoms with E-state index in [9.17, 15) is 0 Å². The predicted molar refractivity (Wildman–Crippen MR) is 102 cm³/mol. The molecule has 0 atom stereocenters. The van der Waals surface area contributed by atoms with Crippen LogP contribution in [0.5, 0.6) is 0 Å². The van der Waals surface area contributed by atoms with Gasteiger partial charge in [-0.25, -0.2) is 0 Å². The van der Waals surface area contributed by atoms with E-state index in [1.807, 2.05) is 27.7 Å². The normalized spacial score (nSPS) is 12.0. The topological polar surface area (TPSA) is 64.6 Å². The van der Waals surface area contributed by atoms with Crippen LogP contribution >= 0.6 is 12.6 Å². The van der Waals surface area contributed by atoms with Gasteiger partial charge in [-0.3, -0.25) is 0 Å². The zero-order valence-corrected chi connectivity index (χ0v) is 19.1. The van der Waals surface area contributed by atoms with Crippen molar-refractivity contribution in [2.24, 2.45) is 0 Å². The van der Waals surface area contributed by atoms with Crippen molar-refractivity contribution in [1.29, 1.82) is 0 Å². The molecule has 0 aromatic heterocycles. The summed E-state index contributed by atoms with van der Waals surface area (Å²) in [6.07, 6.45) is 0.963. The molecular weight excluding hydrogens is 368 g/mol. The second kappa shape index (κ2) is 16.9. The van der Waals surface area contributed by atoms with Crippen molar-refractivity contribution in [3.8, 4) is 0 Å². The first-order valence-corrected chi connectivity index (χ1v) is 12.5. The molecule has 0 rings (SSSR count). The summed E-state index contributed by atoms with van der Waals surface area (Å²) in [6.45, 7) is 9.80. The minimum atomic E-state index is -2.80. The van der Waals surface area contributed by atoms with Gasteiger partial charge >= 0.3 is 17.9 Å². The molecule has 0 aliphatic carbocycles. The second-order valence-corrected chi connectivity index (χ2v) is 10.0. The van der Waals surface area contributed by atoms with Crippen LogP contribution in [0.4, 0.5) is 0 Å². The van der Waals surface area contributed by atoms with Gasteiger partial charge in [-0.05, 0) is 39.9 Å². The van der Waals surface area contributed by atoms with E-state index in [1.54, 1.807) is 21.3 Å². The number of hydrogen-bond acceptors (Lipinski definition) is 8. The van der Waals surface area contributed by atoms with Crippen molar-refractivity contribution < 1.29 is 31.0 Å². The summed E-state index contributed by atoms with van der Waals surface area (Å²) in [5.41, 5.74) is 0. The molecule has 0 saturated heterocycles. The Hall–Kier alpha value is 0.504. The van der Waals surface area contributed by atoms with Crippen molar-refractivity contribution in [3.05, 3.63) is 0 Å². The zero-order chi connectivity index (χ0) is 18.9. The molecule has 0 aromatic rings. The van der Waals surface area contributed by atoms with Gasteiger partial charge in [0.2, 0.25) is 0 Å². The lowest BCUT2D eigenvalue weighted by atomic mass is 10.6. The molecule has 0 amide bonds. The van der Waals surface area contributed by atoms with Crippen molar-refractivity contribution in [1.82, 2.24) is 0 Å². The van der Waals surface area contributed by atoms with E-state index in [-0.39, 0.29) is 0 Å². The first-order valence-electron chi connectivity index (χ1n) is 8.31. The van der Waals surface area contributed by atoms with Gasteiger partial charge in [-0.1, -0.05) is 0 Å². The molecule has 0 unspecified atom stereocenters. The van der Waals surface area contributed by atoms with Gasteiger partial charge in [-0.15, -0.1) is 0 Å². The van der Waals surface area contributed by atoms with Gasteiger partial charge in [0.15, 0.2) is 0 Å². The summed E-state index contributed by atoms with van der Waals surface area (Å²) in [4.78, 5) is 0. The van der Waals surface area contributed by atoms with Crippen molar-refractivity contribution in [2.75, 3.05) is 53.5 Å². The SMILES string of the molecule is CCO[Si](OCC)(OCC)OCC.CO[Si](CCCS)(OC)OC. The van der Waals surface area contributed by atoms with E-state index in [0.717, 1.165) is 18.2 Å². The fourth-order valence-corrected chi connectivity index (χ4v) is 5.90. The van der Waals surface area contributed by atoms with Gasteiger partial charge in [0.25, 0.3) is 0 Å². The molecular formula is C14H36O7SSi2. The maximum absolute atomic E-state index is 5.42. The van der Waals surface area contributed by atoms with Crippen LogP contribution in [0.2, 0.25) is 6.04 Å². The Morgan fingerprint density at radius 1 is 0.667 bits per heavy atom. The second-order valence-electron chi connectivity index (χ2n) is 4.35. The Balaban J connectivity index is 0. The van der Waals surface area contributed by atoms with Crippen molar-refractivity contribution >= 4 is 30.5 Å². The summed E-state index contributed by atoms with van der Waals surface area (Å²) in [5.74, 6) is 0.838. The first kappa shape index (κ1) is 26.7. The summed E-state index contributed by atoms with van der Waals surface area (Å²) in [6, 6.07) is 0.833. The van der Waals surface area contributed by atoms with Crippen LogP contribution in [0.15, 0.2) is 0 Å². The zero-order valence-electron chi connectivity index (χ0n) is 16.3. The van der Waals surface area contributed by atoms with Crippen LogP contribution < -0.4 is 0 Å². The lowest BCUT2D eigenvalue weighted by molar-refractivity contribution is -0.0247. The molecule has 0 N–H and O–H groups in total. The molecule has 0 heterocycles. The number of hydrogen-bond donors (Lipinski definition) is 1. The van der Waals surface area contributed by atoms with E-state index in [2.05, 4.69) is 12.6 Å². The van der Waals surface area contributed by atoms with E-state index in [0.29, 0.717) is 26.4 Å². The lowest BCUT2D eigenvalue weighted by Crippen LogP contribution is -2.49. The van der Waals surface area contributed by atoms with Crippen molar-refractivity contribution in [2.45, 2.75) is 40.2 Å². The molecule has 0 radical (unpaired) electrons. The van der Waals surface area contributed by atoms with Crippen molar-refractivity contribution in [3.63, 3.8) is 0 Å². The molecule has 0 fully saturated rings. The maximum atomic E-state index is 5.42. The van der Waals surface area contributed by atoms with Crippen LogP contribution in [-0.2, 0) is 31.0 Å². The molecule has 0 aliphatic rings. The summed E-state index contributed by atoms with van der Waals surface area (Å²) >= 11 is 4.10. The fourth-order valence-electron chi connectivity index (χ4n) is 1.81. The lowest BCUT2D eigenvalue weighted by Gasteiger charge is -2.26. The van der Waals surface area contributed by atoms with Gasteiger partial charge in [0, 0.05) is 53.8 Å². The fraction of sp³-hybridized carbons (Fsp3) is 1.00.